The summed E-state index contributed by atoms with van der Waals surface area (Å²) >= 11 is 1.62. The average Bonchev–Trinajstić information content (AvgIpc) is 3.34. The summed E-state index contributed by atoms with van der Waals surface area (Å²) in [6.45, 7) is 2.01. The first-order valence-electron chi connectivity index (χ1n) is 8.75. The van der Waals surface area contributed by atoms with Gasteiger partial charge in [0.25, 0.3) is 0 Å². The van der Waals surface area contributed by atoms with Crippen LogP contribution in [0.25, 0.3) is 0 Å². The van der Waals surface area contributed by atoms with Crippen LogP contribution in [-0.2, 0) is 0 Å². The Morgan fingerprint density at radius 3 is 2.15 bits per heavy atom. The lowest BCUT2D eigenvalue weighted by Gasteiger charge is -2.21. The number of hydrazone groups is 1. The fourth-order valence-electron chi connectivity index (χ4n) is 3.18. The van der Waals surface area contributed by atoms with E-state index in [4.69, 9.17) is 14.6 Å². The zero-order chi connectivity index (χ0) is 18.8. The Morgan fingerprint density at radius 2 is 1.59 bits per heavy atom. The first-order valence-corrected chi connectivity index (χ1v) is 9.63. The van der Waals surface area contributed by atoms with Crippen molar-refractivity contribution in [2.75, 3.05) is 19.2 Å². The van der Waals surface area contributed by atoms with E-state index in [2.05, 4.69) is 34.6 Å². The molecule has 2 heterocycles. The van der Waals surface area contributed by atoms with Crippen molar-refractivity contribution >= 4 is 22.2 Å². The van der Waals surface area contributed by atoms with Crippen molar-refractivity contribution in [2.24, 2.45) is 5.10 Å². The van der Waals surface area contributed by atoms with Crippen LogP contribution < -0.4 is 14.5 Å². The maximum atomic E-state index is 5.29. The van der Waals surface area contributed by atoms with Gasteiger partial charge in [-0.25, -0.2) is 9.99 Å². The molecule has 1 atom stereocenters. The second-order valence-corrected chi connectivity index (χ2v) is 7.22. The predicted octanol–water partition coefficient (Wildman–Crippen LogP) is 4.82. The normalized spacial score (nSPS) is 16.3. The molecule has 2 aromatic carbocycles. The molecule has 0 fully saturated rings. The number of aromatic nitrogens is 1. The summed E-state index contributed by atoms with van der Waals surface area (Å²) in [4.78, 5) is 4.65. The van der Waals surface area contributed by atoms with Gasteiger partial charge in [0.2, 0.25) is 5.13 Å². The molecule has 27 heavy (non-hydrogen) atoms. The van der Waals surface area contributed by atoms with Gasteiger partial charge in [-0.05, 0) is 54.4 Å². The summed E-state index contributed by atoms with van der Waals surface area (Å²) in [7, 11) is 3.36. The molecule has 0 spiro atoms. The number of benzene rings is 2. The number of anilines is 1. The molecule has 138 valence electrons. The standard InChI is InChI=1S/C21H21N3O2S/c1-14-13-27-21(22-14)24-20(16-6-10-18(26-3)11-7-16)12-19(23-24)15-4-8-17(25-2)9-5-15/h4-11,13,20H,12H2,1-3H3. The molecule has 0 radical (unpaired) electrons. The molecule has 1 aliphatic rings. The Bertz CT molecular complexity index is 948. The quantitative estimate of drug-likeness (QED) is 0.637. The van der Waals surface area contributed by atoms with Crippen molar-refractivity contribution in [2.45, 2.75) is 19.4 Å². The van der Waals surface area contributed by atoms with E-state index in [9.17, 15) is 0 Å². The van der Waals surface area contributed by atoms with Crippen molar-refractivity contribution in [1.29, 1.82) is 0 Å². The van der Waals surface area contributed by atoms with Crippen LogP contribution >= 0.6 is 11.3 Å². The summed E-state index contributed by atoms with van der Waals surface area (Å²) in [5, 5.41) is 9.93. The van der Waals surface area contributed by atoms with Gasteiger partial charge in [0, 0.05) is 11.8 Å². The molecule has 0 N–H and O–H groups in total. The van der Waals surface area contributed by atoms with Crippen LogP contribution in [0.4, 0.5) is 5.13 Å². The minimum atomic E-state index is 0.110. The first kappa shape index (κ1) is 17.5. The number of ether oxygens (including phenoxy) is 2. The number of hydrogen-bond acceptors (Lipinski definition) is 6. The smallest absolute Gasteiger partial charge is 0.206 e. The van der Waals surface area contributed by atoms with Gasteiger partial charge < -0.3 is 9.47 Å². The Morgan fingerprint density at radius 1 is 0.963 bits per heavy atom. The summed E-state index contributed by atoms with van der Waals surface area (Å²) in [6, 6.07) is 16.3. The third kappa shape index (κ3) is 3.53. The zero-order valence-corrected chi connectivity index (χ0v) is 16.4. The van der Waals surface area contributed by atoms with E-state index in [1.54, 1.807) is 25.6 Å². The third-order valence-electron chi connectivity index (χ3n) is 4.64. The first-order chi connectivity index (χ1) is 13.2. The number of aryl methyl sites for hydroxylation is 1. The van der Waals surface area contributed by atoms with E-state index in [-0.39, 0.29) is 6.04 Å². The second-order valence-electron chi connectivity index (χ2n) is 6.38. The van der Waals surface area contributed by atoms with Crippen molar-refractivity contribution in [3.8, 4) is 11.5 Å². The average molecular weight is 379 g/mol. The van der Waals surface area contributed by atoms with E-state index in [1.165, 1.54) is 5.56 Å². The Labute approximate surface area is 162 Å². The number of thiazole rings is 1. The molecule has 1 unspecified atom stereocenters. The zero-order valence-electron chi connectivity index (χ0n) is 15.5. The SMILES string of the molecule is COc1ccc(C2=NN(c3nc(C)cs3)C(c3ccc(OC)cc3)C2)cc1. The van der Waals surface area contributed by atoms with Crippen molar-refractivity contribution < 1.29 is 9.47 Å². The lowest BCUT2D eigenvalue weighted by Crippen LogP contribution is -2.18. The van der Waals surface area contributed by atoms with Gasteiger partial charge in [-0.2, -0.15) is 5.10 Å². The van der Waals surface area contributed by atoms with Gasteiger partial charge in [0.05, 0.1) is 31.7 Å². The van der Waals surface area contributed by atoms with Gasteiger partial charge in [-0.3, -0.25) is 0 Å². The lowest BCUT2D eigenvalue weighted by molar-refractivity contribution is 0.414. The van der Waals surface area contributed by atoms with Gasteiger partial charge in [0.15, 0.2) is 0 Å². The molecule has 6 heteroatoms. The third-order valence-corrected chi connectivity index (χ3v) is 5.59. The predicted molar refractivity (Wildman–Crippen MR) is 109 cm³/mol. The largest absolute Gasteiger partial charge is 0.497 e. The van der Waals surface area contributed by atoms with Gasteiger partial charge >= 0.3 is 0 Å². The summed E-state index contributed by atoms with van der Waals surface area (Å²) in [5.41, 5.74) is 4.35. The molecule has 0 saturated carbocycles. The lowest BCUT2D eigenvalue weighted by atomic mass is 9.98. The van der Waals surface area contributed by atoms with Crippen LogP contribution in [0.5, 0.6) is 11.5 Å². The fraction of sp³-hybridized carbons (Fsp3) is 0.238. The molecular weight excluding hydrogens is 358 g/mol. The molecule has 1 aliphatic heterocycles. The molecule has 0 bridgehead atoms. The molecule has 4 rings (SSSR count). The molecule has 0 aliphatic carbocycles. The van der Waals surface area contributed by atoms with Crippen LogP contribution in [0, 0.1) is 6.92 Å². The topological polar surface area (TPSA) is 47.0 Å². The molecular formula is C21H21N3O2S. The molecule has 3 aromatic rings. The number of hydrogen-bond donors (Lipinski definition) is 0. The maximum absolute atomic E-state index is 5.29. The van der Waals surface area contributed by atoms with Crippen molar-refractivity contribution in [3.05, 3.63) is 70.7 Å². The van der Waals surface area contributed by atoms with Gasteiger partial charge in [0.1, 0.15) is 11.5 Å². The Hall–Kier alpha value is -2.86. The highest BCUT2D eigenvalue weighted by atomic mass is 32.1. The number of rotatable bonds is 5. The van der Waals surface area contributed by atoms with E-state index >= 15 is 0 Å². The number of methoxy groups -OCH3 is 2. The van der Waals surface area contributed by atoms with Crippen molar-refractivity contribution in [3.63, 3.8) is 0 Å². The Balaban J connectivity index is 1.69. The van der Waals surface area contributed by atoms with Crippen LogP contribution in [0.1, 0.15) is 29.3 Å². The fourth-order valence-corrected chi connectivity index (χ4v) is 3.98. The van der Waals surface area contributed by atoms with Crippen LogP contribution in [-0.4, -0.2) is 24.9 Å². The Kier molecular flexibility index (Phi) is 4.81. The highest BCUT2D eigenvalue weighted by Gasteiger charge is 2.31. The van der Waals surface area contributed by atoms with Crippen molar-refractivity contribution in [1.82, 2.24) is 4.98 Å². The van der Waals surface area contributed by atoms with E-state index in [0.717, 1.165) is 40.0 Å². The minimum Gasteiger partial charge on any atom is -0.497 e. The van der Waals surface area contributed by atoms with Gasteiger partial charge in [-0.15, -0.1) is 11.3 Å². The summed E-state index contributed by atoms with van der Waals surface area (Å²) in [5.74, 6) is 1.70. The molecule has 0 amide bonds. The number of nitrogens with zero attached hydrogens (tertiary/aromatic N) is 3. The van der Waals surface area contributed by atoms with Crippen LogP contribution in [0.3, 0.4) is 0 Å². The molecule has 5 nitrogen and oxygen atoms in total. The summed E-state index contributed by atoms with van der Waals surface area (Å²) in [6.07, 6.45) is 0.817. The molecule has 1 aromatic heterocycles. The van der Waals surface area contributed by atoms with Gasteiger partial charge in [-0.1, -0.05) is 12.1 Å². The maximum Gasteiger partial charge on any atom is 0.206 e. The summed E-state index contributed by atoms with van der Waals surface area (Å²) < 4.78 is 10.6. The second kappa shape index (κ2) is 7.40. The monoisotopic (exact) mass is 379 g/mol. The van der Waals surface area contributed by atoms with Crippen LogP contribution in [0.15, 0.2) is 59.0 Å². The van der Waals surface area contributed by atoms with E-state index in [1.807, 2.05) is 36.2 Å². The van der Waals surface area contributed by atoms with E-state index < -0.39 is 0 Å². The van der Waals surface area contributed by atoms with E-state index in [0.29, 0.717) is 0 Å². The van der Waals surface area contributed by atoms with Crippen LogP contribution in [0.2, 0.25) is 0 Å². The minimum absolute atomic E-state index is 0.110. The highest BCUT2D eigenvalue weighted by Crippen LogP contribution is 2.38. The highest BCUT2D eigenvalue weighted by molar-refractivity contribution is 7.13. The molecule has 0 saturated heterocycles.